The number of hydrogen-bond donors (Lipinski definition) is 0. The molecule has 0 heterocycles. The first-order valence-electron chi connectivity index (χ1n) is 30.8. The lowest BCUT2D eigenvalue weighted by molar-refractivity contribution is -0.250. The highest BCUT2D eigenvalue weighted by molar-refractivity contribution is 9.09. The maximum Gasteiger partial charge on any atom is 0.160 e. The molecule has 0 saturated heterocycles. The summed E-state index contributed by atoms with van der Waals surface area (Å²) < 4.78 is 19.9. The van der Waals surface area contributed by atoms with Gasteiger partial charge < -0.3 is 14.2 Å². The molecule has 5 heteroatoms. The Morgan fingerprint density at radius 3 is 0.696 bits per heavy atom. The van der Waals surface area contributed by atoms with Crippen LogP contribution in [0.1, 0.15) is 291 Å². The van der Waals surface area contributed by atoms with Crippen molar-refractivity contribution in [3.05, 3.63) is 0 Å². The number of rotatable bonds is 50. The van der Waals surface area contributed by atoms with Crippen molar-refractivity contribution < 1.29 is 14.2 Å². The highest BCUT2D eigenvalue weighted by Crippen LogP contribution is 2.33. The van der Waals surface area contributed by atoms with Crippen LogP contribution in [0.2, 0.25) is 0 Å². The van der Waals surface area contributed by atoms with Crippen LogP contribution >= 0.6 is 31.9 Å². The molecule has 0 fully saturated rings. The van der Waals surface area contributed by atoms with Crippen molar-refractivity contribution in [3.8, 4) is 0 Å². The summed E-state index contributed by atoms with van der Waals surface area (Å²) in [5, 5.41) is 2.29. The van der Waals surface area contributed by atoms with E-state index < -0.39 is 0 Å². The molecule has 0 radical (unpaired) electrons. The smallest absolute Gasteiger partial charge is 0.160 e. The van der Waals surface area contributed by atoms with Gasteiger partial charge in [-0.05, 0) is 224 Å². The predicted molar refractivity (Wildman–Crippen MR) is 317 cm³/mol. The molecular weight excluding hydrogens is 977 g/mol. The van der Waals surface area contributed by atoms with E-state index in [4.69, 9.17) is 14.2 Å². The lowest BCUT2D eigenvalue weighted by Gasteiger charge is -2.27. The minimum Gasteiger partial charge on any atom is -0.353 e. The summed E-state index contributed by atoms with van der Waals surface area (Å²) in [6, 6.07) is 0. The first-order valence-corrected chi connectivity index (χ1v) is 33.0. The van der Waals surface area contributed by atoms with E-state index in [2.05, 4.69) is 143 Å². The Labute approximate surface area is 453 Å². The first kappa shape index (κ1) is 69.8. The normalized spacial score (nSPS) is 19.4. The molecule has 0 aliphatic rings. The van der Waals surface area contributed by atoms with Gasteiger partial charge in [0.2, 0.25) is 0 Å². The largest absolute Gasteiger partial charge is 0.353 e. The third-order valence-corrected chi connectivity index (χ3v) is 17.1. The van der Waals surface area contributed by atoms with Crippen LogP contribution in [-0.2, 0) is 14.2 Å². The molecule has 0 saturated carbocycles. The summed E-state index contributed by atoms with van der Waals surface area (Å²) in [5.41, 5.74) is 0. The van der Waals surface area contributed by atoms with Crippen molar-refractivity contribution in [2.45, 2.75) is 303 Å². The Balaban J connectivity index is 5.01. The lowest BCUT2D eigenvalue weighted by Crippen LogP contribution is -2.28. The Kier molecular flexibility index (Phi) is 45.6. The van der Waals surface area contributed by atoms with Gasteiger partial charge in [0, 0.05) is 23.9 Å². The number of hydrogen-bond acceptors (Lipinski definition) is 3. The van der Waals surface area contributed by atoms with Gasteiger partial charge in [-0.3, -0.25) is 0 Å². The van der Waals surface area contributed by atoms with E-state index in [0.717, 1.165) is 145 Å². The number of halogens is 2. The third kappa shape index (κ3) is 42.7. The minimum atomic E-state index is -0.164. The van der Waals surface area contributed by atoms with Crippen LogP contribution in [-0.4, -0.2) is 36.5 Å². The molecule has 0 amide bonds. The second-order valence-electron chi connectivity index (χ2n) is 26.0. The zero-order chi connectivity index (χ0) is 52.0. The van der Waals surface area contributed by atoms with Crippen molar-refractivity contribution >= 4 is 31.9 Å². The van der Waals surface area contributed by atoms with E-state index in [1.165, 1.54) is 141 Å². The summed E-state index contributed by atoms with van der Waals surface area (Å²) in [5.74, 6) is 11.4. The van der Waals surface area contributed by atoms with E-state index in [1.807, 2.05) is 0 Å². The highest BCUT2D eigenvalue weighted by atomic mass is 79.9. The molecule has 416 valence electrons. The maximum absolute atomic E-state index is 6.83. The Morgan fingerprint density at radius 2 is 0.478 bits per heavy atom. The number of ether oxygens (including phenoxy) is 3. The number of unbranched alkanes of at least 4 members (excludes halogenated alkanes) is 4. The molecule has 0 spiro atoms. The van der Waals surface area contributed by atoms with Crippen molar-refractivity contribution in [2.75, 3.05) is 23.9 Å². The van der Waals surface area contributed by atoms with Gasteiger partial charge in [0.25, 0.3) is 0 Å². The average Bonchev–Trinajstić information content (AvgIpc) is 3.23. The van der Waals surface area contributed by atoms with Crippen LogP contribution in [0.3, 0.4) is 0 Å². The van der Waals surface area contributed by atoms with Gasteiger partial charge >= 0.3 is 0 Å². The molecule has 3 nitrogen and oxygen atoms in total. The van der Waals surface area contributed by atoms with Gasteiger partial charge in [0.15, 0.2) is 12.6 Å². The highest BCUT2D eigenvalue weighted by Gasteiger charge is 2.23. The molecule has 0 aromatic rings. The van der Waals surface area contributed by atoms with Gasteiger partial charge in [-0.2, -0.15) is 0 Å². The average molecular weight is 1110 g/mol. The second kappa shape index (κ2) is 45.1. The first-order chi connectivity index (χ1) is 32.8. The zero-order valence-electron chi connectivity index (χ0n) is 49.8. The van der Waals surface area contributed by atoms with Crippen LogP contribution in [0.5, 0.6) is 0 Å². The van der Waals surface area contributed by atoms with Crippen LogP contribution in [0.4, 0.5) is 0 Å². The molecule has 0 bridgehead atoms. The maximum atomic E-state index is 6.83. The van der Waals surface area contributed by atoms with E-state index in [9.17, 15) is 0 Å². The summed E-state index contributed by atoms with van der Waals surface area (Å²) in [4.78, 5) is 0. The molecule has 69 heavy (non-hydrogen) atoms. The van der Waals surface area contributed by atoms with Crippen molar-refractivity contribution in [1.29, 1.82) is 0 Å². The summed E-state index contributed by atoms with van der Waals surface area (Å²) in [6.07, 6.45) is 35.4. The third-order valence-electron chi connectivity index (χ3n) is 16.0. The summed E-state index contributed by atoms with van der Waals surface area (Å²) in [7, 11) is 0. The molecule has 16 atom stereocenters. The summed E-state index contributed by atoms with van der Waals surface area (Å²) in [6.45, 7) is 41.2. The minimum absolute atomic E-state index is 0.164. The van der Waals surface area contributed by atoms with Gasteiger partial charge in [-0.1, -0.05) is 181 Å². The fraction of sp³-hybridized carbons (Fsp3) is 1.00. The SMILES string of the molecule is CCCCCOC(CCCC(C)CC(C)CC(C)CC(C)CC(C)CC(C)CC(C)CCCBr)OC(CCCC(C)CC(C)CC(C)CC(C)CC(C)CC(C)CC(C)CCCBr)OCCCCC. The van der Waals surface area contributed by atoms with Crippen molar-refractivity contribution in [1.82, 2.24) is 0 Å². The van der Waals surface area contributed by atoms with Crippen LogP contribution in [0.15, 0.2) is 0 Å². The van der Waals surface area contributed by atoms with E-state index in [0.29, 0.717) is 0 Å². The topological polar surface area (TPSA) is 27.7 Å². The molecule has 0 aliphatic carbocycles. The molecule has 0 aliphatic heterocycles. The summed E-state index contributed by atoms with van der Waals surface area (Å²) >= 11 is 7.23. The zero-order valence-corrected chi connectivity index (χ0v) is 53.0. The van der Waals surface area contributed by atoms with Crippen molar-refractivity contribution in [3.63, 3.8) is 0 Å². The molecule has 0 rings (SSSR count). The quantitative estimate of drug-likeness (QED) is 0.0345. The van der Waals surface area contributed by atoms with Gasteiger partial charge in [-0.25, -0.2) is 0 Å². The molecule has 16 unspecified atom stereocenters. The number of alkyl halides is 2. The molecule has 0 aromatic carbocycles. The van der Waals surface area contributed by atoms with E-state index in [-0.39, 0.29) is 12.6 Å². The molecular formula is C64H128Br2O3. The lowest BCUT2D eigenvalue weighted by atomic mass is 9.80. The predicted octanol–water partition coefficient (Wildman–Crippen LogP) is 22.3. The molecule has 0 aromatic heterocycles. The van der Waals surface area contributed by atoms with Crippen molar-refractivity contribution in [2.24, 2.45) is 82.9 Å². The van der Waals surface area contributed by atoms with E-state index >= 15 is 0 Å². The Morgan fingerprint density at radius 1 is 0.261 bits per heavy atom. The van der Waals surface area contributed by atoms with E-state index in [1.54, 1.807) is 0 Å². The molecule has 0 N–H and O–H groups in total. The van der Waals surface area contributed by atoms with Gasteiger partial charge in [0.1, 0.15) is 0 Å². The van der Waals surface area contributed by atoms with Crippen LogP contribution in [0.25, 0.3) is 0 Å². The Hall–Kier alpha value is 0.840. The van der Waals surface area contributed by atoms with Gasteiger partial charge in [-0.15, -0.1) is 0 Å². The fourth-order valence-corrected chi connectivity index (χ4v) is 14.1. The Bertz CT molecular complexity index is 1010. The van der Waals surface area contributed by atoms with Gasteiger partial charge in [0.05, 0.1) is 0 Å². The monoisotopic (exact) mass is 1100 g/mol. The second-order valence-corrected chi connectivity index (χ2v) is 27.6. The van der Waals surface area contributed by atoms with Crippen LogP contribution < -0.4 is 0 Å². The fourth-order valence-electron chi connectivity index (χ4n) is 13.5. The standard InChI is InChI=1S/C64H128Br2O3/c1-17-19-21-35-67-63(31-23-27-49(3)37-53(7)41-57(11)45-61(15)47-59(13)43-55(9)39-51(5)29-25-33-65)69-64(68-36-22-20-18-2)32-24-28-50(4)38-54(8)42-58(12)46-62(16)48-60(14)44-56(10)40-52(6)30-26-34-66/h49-64H,17-48H2,1-16H3. The van der Waals surface area contributed by atoms with Crippen LogP contribution in [0, 0.1) is 82.9 Å².